The molecule has 2 N–H and O–H groups in total. The Hall–Kier alpha value is -2.44. The Balaban J connectivity index is 0.927. The van der Waals surface area contributed by atoms with Crippen LogP contribution in [0.15, 0.2) is 23.7 Å². The molecular weight excluding hydrogens is 687 g/mol. The molecule has 7 fully saturated rings. The van der Waals surface area contributed by atoms with Gasteiger partial charge in [-0.3, -0.25) is 19.8 Å². The Morgan fingerprint density at radius 1 is 0.917 bits per heavy atom. The summed E-state index contributed by atoms with van der Waals surface area (Å²) in [6.45, 7) is 4.38. The second-order valence-corrected chi connectivity index (χ2v) is 17.8. The molecular formula is C35H40Cl2N6O3S2. The maximum Gasteiger partial charge on any atom is 0.306 e. The van der Waals surface area contributed by atoms with Crippen LogP contribution in [0.25, 0.3) is 10.6 Å². The first-order chi connectivity index (χ1) is 23.3. The van der Waals surface area contributed by atoms with Gasteiger partial charge in [0, 0.05) is 49.8 Å². The Morgan fingerprint density at radius 3 is 2.33 bits per heavy atom. The molecule has 9 nitrogen and oxygen atoms in total. The maximum atomic E-state index is 13.5. The zero-order chi connectivity index (χ0) is 32.7. The summed E-state index contributed by atoms with van der Waals surface area (Å²) in [6, 6.07) is 4.95. The Morgan fingerprint density at radius 2 is 1.67 bits per heavy atom. The van der Waals surface area contributed by atoms with E-state index >= 15 is 0 Å². The summed E-state index contributed by atoms with van der Waals surface area (Å²) < 4.78 is 0. The predicted octanol–water partition coefficient (Wildman–Crippen LogP) is 7.46. The molecule has 3 aliphatic heterocycles. The van der Waals surface area contributed by atoms with Crippen molar-refractivity contribution in [3.63, 3.8) is 0 Å². The number of amides is 1. The molecule has 10 rings (SSSR count). The molecule has 4 saturated carbocycles. The first-order valence-electron chi connectivity index (χ1n) is 17.5. The summed E-state index contributed by atoms with van der Waals surface area (Å²) in [5.74, 6) is 3.57. The Kier molecular flexibility index (Phi) is 8.15. The minimum absolute atomic E-state index is 0.317. The van der Waals surface area contributed by atoms with Crippen molar-refractivity contribution in [1.29, 1.82) is 0 Å². The summed E-state index contributed by atoms with van der Waals surface area (Å²) in [5, 5.41) is 17.0. The summed E-state index contributed by atoms with van der Waals surface area (Å²) >= 11 is 16.1. The number of thiazole rings is 1. The van der Waals surface area contributed by atoms with Crippen LogP contribution in [-0.4, -0.2) is 76.7 Å². The van der Waals surface area contributed by atoms with Crippen LogP contribution in [0.2, 0.25) is 10.0 Å². The number of hydrogen-bond acceptors (Lipinski definition) is 9. The van der Waals surface area contributed by atoms with Crippen molar-refractivity contribution >= 4 is 73.7 Å². The lowest BCUT2D eigenvalue weighted by Crippen LogP contribution is -2.57. The van der Waals surface area contributed by atoms with Gasteiger partial charge in [0.05, 0.1) is 26.4 Å². The molecule has 13 heteroatoms. The van der Waals surface area contributed by atoms with Crippen molar-refractivity contribution in [2.24, 2.45) is 35.5 Å². The van der Waals surface area contributed by atoms with Gasteiger partial charge in [-0.15, -0.1) is 11.3 Å². The van der Waals surface area contributed by atoms with Gasteiger partial charge in [0.25, 0.3) is 5.91 Å². The minimum atomic E-state index is -0.761. The number of carboxylic acids is 1. The van der Waals surface area contributed by atoms with Gasteiger partial charge in [-0.25, -0.2) is 9.97 Å². The number of fused-ring (bicyclic) bond motifs is 1. The van der Waals surface area contributed by atoms with E-state index in [2.05, 4.69) is 20.1 Å². The van der Waals surface area contributed by atoms with E-state index in [1.807, 2.05) is 16.3 Å². The van der Waals surface area contributed by atoms with Gasteiger partial charge in [-0.05, 0) is 99.6 Å². The molecule has 0 aromatic carbocycles. The number of thiophene rings is 1. The van der Waals surface area contributed by atoms with E-state index in [0.717, 1.165) is 58.4 Å². The fraction of sp³-hybridized carbons (Fsp3) is 0.600. The van der Waals surface area contributed by atoms with E-state index in [0.29, 0.717) is 64.4 Å². The monoisotopic (exact) mass is 726 g/mol. The standard InChI is InChI=1S/C35H40Cl2N6O3S2/c36-25-13-28(47-17-25)29-33(42-15-21-3-6-43(27(21)16-42)30-22-8-18-7-19(10-22)11-23(30)9-18)48-35(39-29)40-32(44)24-12-26(37)31(38-14-24)41-4-1-20(2-5-41)34(45)46/h12-14,17-23,27,30H,1-11,15-16H2,(H,45,46)(H,39,40,44). The highest BCUT2D eigenvalue weighted by atomic mass is 35.5. The van der Waals surface area contributed by atoms with E-state index in [-0.39, 0.29) is 11.8 Å². The zero-order valence-corrected chi connectivity index (χ0v) is 29.8. The van der Waals surface area contributed by atoms with E-state index in [1.54, 1.807) is 17.4 Å². The smallest absolute Gasteiger partial charge is 0.306 e. The highest BCUT2D eigenvalue weighted by Crippen LogP contribution is 2.57. The maximum absolute atomic E-state index is 13.5. The largest absolute Gasteiger partial charge is 0.481 e. The highest BCUT2D eigenvalue weighted by Gasteiger charge is 2.54. The number of halogens is 2. The molecule has 4 bridgehead atoms. The Bertz CT molecular complexity index is 1710. The number of carboxylic acid groups (broad SMARTS) is 1. The van der Waals surface area contributed by atoms with Gasteiger partial charge in [0.2, 0.25) is 0 Å². The average Bonchev–Trinajstić information content (AvgIpc) is 3.85. The van der Waals surface area contributed by atoms with Gasteiger partial charge < -0.3 is 14.9 Å². The number of carbonyl (C=O) groups is 2. The number of aliphatic carboxylic acids is 1. The molecule has 3 aromatic heterocycles. The van der Waals surface area contributed by atoms with Crippen molar-refractivity contribution in [3.8, 4) is 10.6 Å². The van der Waals surface area contributed by atoms with Crippen LogP contribution in [0.4, 0.5) is 16.0 Å². The van der Waals surface area contributed by atoms with E-state index in [1.165, 1.54) is 62.6 Å². The van der Waals surface area contributed by atoms with Gasteiger partial charge in [0.15, 0.2) is 5.13 Å². The van der Waals surface area contributed by atoms with Crippen LogP contribution in [0, 0.1) is 35.5 Å². The fourth-order valence-corrected chi connectivity index (χ4v) is 12.8. The first kappa shape index (κ1) is 31.5. The molecule has 254 valence electrons. The number of hydrogen-bond donors (Lipinski definition) is 2. The van der Waals surface area contributed by atoms with Crippen molar-refractivity contribution in [2.45, 2.75) is 63.5 Å². The van der Waals surface area contributed by atoms with Crippen LogP contribution < -0.4 is 15.1 Å². The number of carbonyl (C=O) groups excluding carboxylic acids is 1. The third-order valence-corrected chi connectivity index (χ3v) is 14.9. The molecule has 0 spiro atoms. The molecule has 4 aliphatic carbocycles. The third kappa shape index (κ3) is 5.61. The van der Waals surface area contributed by atoms with Crippen LogP contribution >= 0.6 is 45.9 Å². The number of aromatic nitrogens is 2. The van der Waals surface area contributed by atoms with E-state index in [4.69, 9.17) is 28.2 Å². The topological polar surface area (TPSA) is 102 Å². The SMILES string of the molecule is O=C(Nc1nc(-c2cc(Cl)cs2)c(N2CC3CCN(C4C5CC6CC(C5)CC4C6)C3C2)s1)c1cnc(N2CCC(C(=O)O)CC2)c(Cl)c1. The number of anilines is 3. The molecule has 7 aliphatic rings. The molecule has 2 unspecified atom stereocenters. The zero-order valence-electron chi connectivity index (χ0n) is 26.7. The molecule has 6 heterocycles. The van der Waals surface area contributed by atoms with Gasteiger partial charge in [-0.1, -0.05) is 34.5 Å². The van der Waals surface area contributed by atoms with Gasteiger partial charge in [0.1, 0.15) is 16.5 Å². The number of nitrogens with zero attached hydrogens (tertiary/aromatic N) is 5. The van der Waals surface area contributed by atoms with Crippen molar-refractivity contribution < 1.29 is 14.7 Å². The Labute approximate surface area is 298 Å². The summed E-state index contributed by atoms with van der Waals surface area (Å²) in [4.78, 5) is 42.8. The van der Waals surface area contributed by atoms with Gasteiger partial charge in [-0.2, -0.15) is 0 Å². The quantitative estimate of drug-likeness (QED) is 0.259. The van der Waals surface area contributed by atoms with Gasteiger partial charge >= 0.3 is 5.97 Å². The number of nitrogens with one attached hydrogen (secondary N) is 1. The van der Waals surface area contributed by atoms with Crippen LogP contribution in [0.1, 0.15) is 61.7 Å². The lowest BCUT2D eigenvalue weighted by Gasteiger charge is -2.57. The average molecular weight is 728 g/mol. The molecule has 3 saturated heterocycles. The molecule has 0 radical (unpaired) electrons. The number of piperidine rings is 1. The molecule has 3 aromatic rings. The molecule has 1 amide bonds. The van der Waals surface area contributed by atoms with Crippen molar-refractivity contribution in [3.05, 3.63) is 39.3 Å². The van der Waals surface area contributed by atoms with E-state index < -0.39 is 5.97 Å². The second-order valence-electron chi connectivity index (χ2n) is 15.1. The molecule has 2 atom stereocenters. The van der Waals surface area contributed by atoms with Crippen LogP contribution in [0.3, 0.4) is 0 Å². The second kappa shape index (κ2) is 12.4. The lowest BCUT2D eigenvalue weighted by atomic mass is 9.54. The van der Waals surface area contributed by atoms with E-state index in [9.17, 15) is 14.7 Å². The third-order valence-electron chi connectivity index (χ3n) is 12.3. The summed E-state index contributed by atoms with van der Waals surface area (Å²) in [5.41, 5.74) is 1.23. The molecule has 48 heavy (non-hydrogen) atoms. The van der Waals surface area contributed by atoms with Crippen molar-refractivity contribution in [2.75, 3.05) is 47.8 Å². The first-order valence-corrected chi connectivity index (χ1v) is 19.9. The normalized spacial score (nSPS) is 31.5. The number of rotatable bonds is 7. The summed E-state index contributed by atoms with van der Waals surface area (Å²) in [6.07, 6.45) is 11.2. The lowest BCUT2D eigenvalue weighted by molar-refractivity contribution is -0.142. The fourth-order valence-electron chi connectivity index (χ4n) is 10.4. The summed E-state index contributed by atoms with van der Waals surface area (Å²) in [7, 11) is 0. The predicted molar refractivity (Wildman–Crippen MR) is 192 cm³/mol. The number of likely N-dealkylation sites (tertiary alicyclic amines) is 1. The van der Waals surface area contributed by atoms with Crippen molar-refractivity contribution in [1.82, 2.24) is 14.9 Å². The minimum Gasteiger partial charge on any atom is -0.481 e. The van der Waals surface area contributed by atoms with Crippen LogP contribution in [0.5, 0.6) is 0 Å². The highest BCUT2D eigenvalue weighted by molar-refractivity contribution is 7.21. The van der Waals surface area contributed by atoms with Crippen LogP contribution in [-0.2, 0) is 4.79 Å². The number of pyridine rings is 1.